The van der Waals surface area contributed by atoms with E-state index in [4.69, 9.17) is 0 Å². The van der Waals surface area contributed by atoms with Crippen molar-refractivity contribution in [1.29, 1.82) is 0 Å². The van der Waals surface area contributed by atoms with Crippen LogP contribution >= 0.6 is 0 Å². The average Bonchev–Trinajstić information content (AvgIpc) is 2.66. The Hall–Kier alpha value is -2.08. The number of rotatable bonds is 4. The minimum atomic E-state index is -0.140. The molecule has 2 aliphatic rings. The first-order valence-corrected chi connectivity index (χ1v) is 10.0. The van der Waals surface area contributed by atoms with Crippen LogP contribution in [0.5, 0.6) is 0 Å². The molecule has 0 radical (unpaired) electrons. The third kappa shape index (κ3) is 5.01. The molecule has 148 valence electrons. The van der Waals surface area contributed by atoms with Crippen molar-refractivity contribution in [2.45, 2.75) is 32.7 Å². The van der Waals surface area contributed by atoms with E-state index in [1.165, 1.54) is 24.0 Å². The highest BCUT2D eigenvalue weighted by molar-refractivity contribution is 5.85. The summed E-state index contributed by atoms with van der Waals surface area (Å²) in [6.07, 6.45) is 2.40. The number of carbonyl (C=O) groups is 2. The number of piperazine rings is 1. The summed E-state index contributed by atoms with van der Waals surface area (Å²) >= 11 is 0. The van der Waals surface area contributed by atoms with Crippen LogP contribution in [0, 0.1) is 12.8 Å². The summed E-state index contributed by atoms with van der Waals surface area (Å²) < 4.78 is 0. The van der Waals surface area contributed by atoms with Crippen molar-refractivity contribution < 1.29 is 9.59 Å². The van der Waals surface area contributed by atoms with Gasteiger partial charge in [-0.1, -0.05) is 36.8 Å². The van der Waals surface area contributed by atoms with Crippen molar-refractivity contribution in [2.75, 3.05) is 46.3 Å². The fraction of sp³-hybridized carbons (Fsp3) is 0.619. The number of likely N-dealkylation sites (N-methyl/N-ethyl adjacent to an activating group) is 1. The van der Waals surface area contributed by atoms with Gasteiger partial charge in [0.05, 0.1) is 6.04 Å². The summed E-state index contributed by atoms with van der Waals surface area (Å²) in [4.78, 5) is 30.3. The first kappa shape index (κ1) is 19.7. The predicted octanol–water partition coefficient (Wildman–Crippen LogP) is 2.25. The van der Waals surface area contributed by atoms with E-state index in [2.05, 4.69) is 48.3 Å². The number of carbonyl (C=O) groups excluding carboxylic acids is 2. The predicted molar refractivity (Wildman–Crippen MR) is 106 cm³/mol. The Morgan fingerprint density at radius 1 is 1.15 bits per heavy atom. The zero-order valence-electron chi connectivity index (χ0n) is 16.8. The molecular weight excluding hydrogens is 340 g/mol. The van der Waals surface area contributed by atoms with Crippen LogP contribution in [0.2, 0.25) is 0 Å². The zero-order chi connectivity index (χ0) is 19.4. The van der Waals surface area contributed by atoms with E-state index in [0.29, 0.717) is 19.6 Å². The Morgan fingerprint density at radius 2 is 1.81 bits per heavy atom. The summed E-state index contributed by atoms with van der Waals surface area (Å²) in [5, 5.41) is 3.08. The molecule has 2 fully saturated rings. The second-order valence-corrected chi connectivity index (χ2v) is 8.07. The second kappa shape index (κ2) is 8.74. The van der Waals surface area contributed by atoms with Crippen molar-refractivity contribution in [3.63, 3.8) is 0 Å². The van der Waals surface area contributed by atoms with E-state index >= 15 is 0 Å². The fourth-order valence-corrected chi connectivity index (χ4v) is 3.81. The van der Waals surface area contributed by atoms with Gasteiger partial charge in [0.25, 0.3) is 0 Å². The number of urea groups is 1. The third-order valence-corrected chi connectivity index (χ3v) is 5.91. The molecule has 0 aromatic heterocycles. The lowest BCUT2D eigenvalue weighted by atomic mass is 9.95. The number of benzene rings is 1. The maximum atomic E-state index is 12.6. The summed E-state index contributed by atoms with van der Waals surface area (Å²) in [5.41, 5.74) is 2.48. The molecule has 6 heteroatoms. The first-order chi connectivity index (χ1) is 12.9. The van der Waals surface area contributed by atoms with Crippen molar-refractivity contribution in [3.05, 3.63) is 35.4 Å². The smallest absolute Gasteiger partial charge is 0.317 e. The maximum absolute atomic E-state index is 12.6. The van der Waals surface area contributed by atoms with Gasteiger partial charge in [-0.2, -0.15) is 0 Å². The van der Waals surface area contributed by atoms with Crippen LogP contribution in [0.3, 0.4) is 0 Å². The van der Waals surface area contributed by atoms with Crippen LogP contribution < -0.4 is 5.32 Å². The molecule has 1 aromatic carbocycles. The van der Waals surface area contributed by atoms with E-state index in [1.807, 2.05) is 0 Å². The maximum Gasteiger partial charge on any atom is 0.317 e. The number of hydrogen-bond acceptors (Lipinski definition) is 3. The molecule has 1 N–H and O–H groups in total. The van der Waals surface area contributed by atoms with Crippen LogP contribution in [-0.2, 0) is 4.79 Å². The molecule has 0 bridgehead atoms. The minimum Gasteiger partial charge on any atom is -0.342 e. The molecule has 1 atom stereocenters. The van der Waals surface area contributed by atoms with Crippen LogP contribution in [0.15, 0.2) is 24.3 Å². The highest BCUT2D eigenvalue weighted by atomic mass is 16.2. The number of aryl methyl sites for hydroxylation is 1. The van der Waals surface area contributed by atoms with Crippen molar-refractivity contribution in [2.24, 2.45) is 5.92 Å². The molecule has 6 nitrogen and oxygen atoms in total. The van der Waals surface area contributed by atoms with Gasteiger partial charge < -0.3 is 15.1 Å². The topological polar surface area (TPSA) is 55.9 Å². The van der Waals surface area contributed by atoms with Gasteiger partial charge in [-0.3, -0.25) is 9.69 Å². The van der Waals surface area contributed by atoms with Gasteiger partial charge in [0.1, 0.15) is 6.54 Å². The number of piperidine rings is 1. The molecule has 3 amide bonds. The first-order valence-electron chi connectivity index (χ1n) is 10.0. The second-order valence-electron chi connectivity index (χ2n) is 8.07. The molecule has 0 spiro atoms. The molecule has 27 heavy (non-hydrogen) atoms. The van der Waals surface area contributed by atoms with Crippen molar-refractivity contribution >= 4 is 11.9 Å². The molecule has 0 saturated carbocycles. The number of nitrogens with one attached hydrogen (secondary N) is 1. The van der Waals surface area contributed by atoms with Gasteiger partial charge in [-0.15, -0.1) is 0 Å². The average molecular weight is 373 g/mol. The summed E-state index contributed by atoms with van der Waals surface area (Å²) in [6, 6.07) is 8.64. The van der Waals surface area contributed by atoms with Gasteiger partial charge in [-0.25, -0.2) is 4.79 Å². The Morgan fingerprint density at radius 3 is 2.44 bits per heavy atom. The van der Waals surface area contributed by atoms with Gasteiger partial charge in [0.2, 0.25) is 5.91 Å². The molecule has 2 aliphatic heterocycles. The van der Waals surface area contributed by atoms with E-state index in [0.717, 1.165) is 19.0 Å². The van der Waals surface area contributed by atoms with E-state index in [-0.39, 0.29) is 24.5 Å². The number of nitrogens with zero attached hydrogens (tertiary/aromatic N) is 3. The van der Waals surface area contributed by atoms with Gasteiger partial charge in [-0.05, 0) is 44.3 Å². The van der Waals surface area contributed by atoms with E-state index in [1.54, 1.807) is 16.8 Å². The molecule has 2 heterocycles. The Balaban J connectivity index is 1.65. The standard InChI is InChI=1S/C21H32N4O2/c1-16-4-6-18(7-5-16)19(24-10-8-17(2)9-11-24)14-22-21(27)25-13-12-23(3)20(26)15-25/h4-7,17,19H,8-15H2,1-3H3,(H,22,27). The minimum absolute atomic E-state index is 0.00324. The van der Waals surface area contributed by atoms with Crippen molar-refractivity contribution in [3.8, 4) is 0 Å². The van der Waals surface area contributed by atoms with Crippen LogP contribution in [-0.4, -0.2) is 73.0 Å². The normalized spacial score (nSPS) is 20.6. The summed E-state index contributed by atoms with van der Waals surface area (Å²) in [6.45, 7) is 8.43. The van der Waals surface area contributed by atoms with Crippen LogP contribution in [0.4, 0.5) is 4.79 Å². The van der Waals surface area contributed by atoms with Gasteiger partial charge >= 0.3 is 6.03 Å². The summed E-state index contributed by atoms with van der Waals surface area (Å²) in [5.74, 6) is 0.766. The molecule has 3 rings (SSSR count). The Bertz CT molecular complexity index is 653. The molecular formula is C21H32N4O2. The lowest BCUT2D eigenvalue weighted by Gasteiger charge is -2.38. The largest absolute Gasteiger partial charge is 0.342 e. The van der Waals surface area contributed by atoms with Gasteiger partial charge in [0.15, 0.2) is 0 Å². The highest BCUT2D eigenvalue weighted by Gasteiger charge is 2.28. The monoisotopic (exact) mass is 372 g/mol. The zero-order valence-corrected chi connectivity index (χ0v) is 16.8. The SMILES string of the molecule is Cc1ccc(C(CNC(=O)N2CCN(C)C(=O)C2)N2CCC(C)CC2)cc1. The third-order valence-electron chi connectivity index (χ3n) is 5.91. The molecule has 1 aromatic rings. The van der Waals surface area contributed by atoms with Crippen LogP contribution in [0.1, 0.15) is 36.9 Å². The number of likely N-dealkylation sites (tertiary alicyclic amines) is 1. The quantitative estimate of drug-likeness (QED) is 0.882. The van der Waals surface area contributed by atoms with E-state index in [9.17, 15) is 9.59 Å². The molecule has 1 unspecified atom stereocenters. The van der Waals surface area contributed by atoms with E-state index < -0.39 is 0 Å². The lowest BCUT2D eigenvalue weighted by Crippen LogP contribution is -2.54. The highest BCUT2D eigenvalue weighted by Crippen LogP contribution is 2.26. The fourth-order valence-electron chi connectivity index (χ4n) is 3.81. The van der Waals surface area contributed by atoms with Crippen molar-refractivity contribution in [1.82, 2.24) is 20.0 Å². The molecule has 2 saturated heterocycles. The van der Waals surface area contributed by atoms with Crippen LogP contribution in [0.25, 0.3) is 0 Å². The Kier molecular flexibility index (Phi) is 6.37. The van der Waals surface area contributed by atoms with Gasteiger partial charge in [0, 0.05) is 26.7 Å². The number of hydrogen-bond donors (Lipinski definition) is 1. The Labute approximate surface area is 162 Å². The number of amides is 3. The molecule has 0 aliphatic carbocycles. The lowest BCUT2D eigenvalue weighted by molar-refractivity contribution is -0.133. The summed E-state index contributed by atoms with van der Waals surface area (Å²) in [7, 11) is 1.78.